The molecule has 7 heteroatoms. The van der Waals surface area contributed by atoms with Gasteiger partial charge in [-0.3, -0.25) is 14.7 Å². The fourth-order valence-electron chi connectivity index (χ4n) is 2.74. The van der Waals surface area contributed by atoms with Gasteiger partial charge in [-0.05, 0) is 30.2 Å². The zero-order valence-electron chi connectivity index (χ0n) is 14.5. The number of thiazole rings is 1. The smallest absolute Gasteiger partial charge is 0.278 e. The van der Waals surface area contributed by atoms with E-state index >= 15 is 0 Å². The largest absolute Gasteiger partial charge is 0.280 e. The quantitative estimate of drug-likeness (QED) is 0.494. The summed E-state index contributed by atoms with van der Waals surface area (Å²) in [5, 5.41) is 1.27. The van der Waals surface area contributed by atoms with Gasteiger partial charge in [-0.2, -0.15) is 0 Å². The molecule has 0 atom stereocenters. The highest BCUT2D eigenvalue weighted by atomic mass is 35.5. The van der Waals surface area contributed by atoms with Crippen LogP contribution in [0.2, 0.25) is 5.02 Å². The van der Waals surface area contributed by atoms with Crippen LogP contribution in [0.4, 0.5) is 5.13 Å². The van der Waals surface area contributed by atoms with Crippen LogP contribution in [-0.4, -0.2) is 20.9 Å². The first-order chi connectivity index (χ1) is 13.1. The summed E-state index contributed by atoms with van der Waals surface area (Å²) in [4.78, 5) is 27.7. The SMILES string of the molecule is Cc1c(Cl)ccc2sc(N(Cc3ccccc3)C(=O)c3cnccn3)nc12. The van der Waals surface area contributed by atoms with Gasteiger partial charge in [0.15, 0.2) is 5.13 Å². The van der Waals surface area contributed by atoms with E-state index in [2.05, 4.69) is 9.97 Å². The molecule has 0 fully saturated rings. The summed E-state index contributed by atoms with van der Waals surface area (Å²) in [5.41, 5.74) is 3.00. The van der Waals surface area contributed by atoms with Crippen molar-refractivity contribution >= 4 is 44.2 Å². The van der Waals surface area contributed by atoms with Crippen molar-refractivity contribution in [2.45, 2.75) is 13.5 Å². The van der Waals surface area contributed by atoms with E-state index in [1.807, 2.05) is 49.4 Å². The van der Waals surface area contributed by atoms with E-state index < -0.39 is 0 Å². The number of rotatable bonds is 4. The predicted molar refractivity (Wildman–Crippen MR) is 108 cm³/mol. The number of halogens is 1. The zero-order valence-corrected chi connectivity index (χ0v) is 16.0. The van der Waals surface area contributed by atoms with Crippen molar-refractivity contribution in [2.75, 3.05) is 4.90 Å². The standard InChI is InChI=1S/C20H15ClN4OS/c1-13-15(21)7-8-17-18(13)24-20(27-17)25(12-14-5-3-2-4-6-14)19(26)16-11-22-9-10-23-16/h2-11H,12H2,1H3. The fourth-order valence-corrected chi connectivity index (χ4v) is 3.92. The molecule has 0 bridgehead atoms. The zero-order chi connectivity index (χ0) is 18.8. The highest BCUT2D eigenvalue weighted by molar-refractivity contribution is 7.22. The third kappa shape index (κ3) is 3.54. The normalized spacial score (nSPS) is 10.9. The Morgan fingerprint density at radius 2 is 1.96 bits per heavy atom. The summed E-state index contributed by atoms with van der Waals surface area (Å²) >= 11 is 7.69. The van der Waals surface area contributed by atoms with Gasteiger partial charge in [0.2, 0.25) is 0 Å². The Morgan fingerprint density at radius 1 is 1.15 bits per heavy atom. The van der Waals surface area contributed by atoms with E-state index in [0.29, 0.717) is 16.7 Å². The van der Waals surface area contributed by atoms with Crippen molar-refractivity contribution in [3.63, 3.8) is 0 Å². The first-order valence-corrected chi connectivity index (χ1v) is 9.50. The monoisotopic (exact) mass is 394 g/mol. The first kappa shape index (κ1) is 17.6. The molecule has 4 aromatic rings. The van der Waals surface area contributed by atoms with Crippen molar-refractivity contribution in [3.05, 3.63) is 82.9 Å². The van der Waals surface area contributed by atoms with E-state index in [1.54, 1.807) is 11.1 Å². The Labute approximate surface area is 165 Å². The molecule has 0 saturated carbocycles. The van der Waals surface area contributed by atoms with Crippen molar-refractivity contribution in [3.8, 4) is 0 Å². The first-order valence-electron chi connectivity index (χ1n) is 8.31. The number of carbonyl (C=O) groups excluding carboxylic acids is 1. The number of nitrogens with zero attached hydrogens (tertiary/aromatic N) is 4. The lowest BCUT2D eigenvalue weighted by Crippen LogP contribution is -2.31. The summed E-state index contributed by atoms with van der Waals surface area (Å²) in [7, 11) is 0. The molecule has 0 unspecified atom stereocenters. The Kier molecular flexibility index (Phi) is 4.83. The molecule has 0 saturated heterocycles. The minimum Gasteiger partial charge on any atom is -0.278 e. The number of aromatic nitrogens is 3. The van der Waals surface area contributed by atoms with Crippen molar-refractivity contribution in [1.82, 2.24) is 15.0 Å². The van der Waals surface area contributed by atoms with Crippen molar-refractivity contribution < 1.29 is 4.79 Å². The predicted octanol–water partition coefficient (Wildman–Crippen LogP) is 4.90. The maximum absolute atomic E-state index is 13.1. The fraction of sp³-hybridized carbons (Fsp3) is 0.100. The number of carbonyl (C=O) groups is 1. The Morgan fingerprint density at radius 3 is 2.70 bits per heavy atom. The molecule has 0 aliphatic heterocycles. The topological polar surface area (TPSA) is 59.0 Å². The number of benzene rings is 2. The number of anilines is 1. The molecule has 0 aliphatic rings. The molecule has 2 heterocycles. The van der Waals surface area contributed by atoms with Crippen LogP contribution >= 0.6 is 22.9 Å². The summed E-state index contributed by atoms with van der Waals surface area (Å²) < 4.78 is 0.983. The van der Waals surface area contributed by atoms with Gasteiger partial charge in [0.05, 0.1) is 23.0 Å². The molecule has 27 heavy (non-hydrogen) atoms. The second kappa shape index (κ2) is 7.42. The lowest BCUT2D eigenvalue weighted by Gasteiger charge is -2.19. The minimum absolute atomic E-state index is 0.241. The van der Waals surface area contributed by atoms with Crippen LogP contribution in [0.1, 0.15) is 21.6 Å². The lowest BCUT2D eigenvalue weighted by molar-refractivity contribution is 0.0980. The Balaban J connectivity index is 1.80. The number of hydrogen-bond donors (Lipinski definition) is 0. The van der Waals surface area contributed by atoms with Crippen molar-refractivity contribution in [1.29, 1.82) is 0 Å². The third-order valence-electron chi connectivity index (χ3n) is 4.18. The van der Waals surface area contributed by atoms with Crippen LogP contribution in [0, 0.1) is 6.92 Å². The highest BCUT2D eigenvalue weighted by Crippen LogP contribution is 2.34. The second-order valence-electron chi connectivity index (χ2n) is 5.98. The van der Waals surface area contributed by atoms with Crippen molar-refractivity contribution in [2.24, 2.45) is 0 Å². The van der Waals surface area contributed by atoms with Gasteiger partial charge in [0.25, 0.3) is 5.91 Å². The van der Waals surface area contributed by atoms with E-state index in [4.69, 9.17) is 16.6 Å². The Hall–Kier alpha value is -2.83. The number of hydrogen-bond acceptors (Lipinski definition) is 5. The van der Waals surface area contributed by atoms with Gasteiger partial charge < -0.3 is 0 Å². The molecule has 0 radical (unpaired) electrons. The van der Waals surface area contributed by atoms with Gasteiger partial charge in [-0.25, -0.2) is 9.97 Å². The molecule has 0 N–H and O–H groups in total. The average molecular weight is 395 g/mol. The van der Waals surface area contributed by atoms with Gasteiger partial charge in [0, 0.05) is 17.4 Å². The molecular weight excluding hydrogens is 380 g/mol. The second-order valence-corrected chi connectivity index (χ2v) is 7.40. The maximum atomic E-state index is 13.1. The van der Waals surface area contributed by atoms with Gasteiger partial charge in [-0.15, -0.1) is 0 Å². The number of aryl methyl sites for hydroxylation is 1. The molecule has 2 aromatic carbocycles. The van der Waals surface area contributed by atoms with E-state index in [-0.39, 0.29) is 11.6 Å². The van der Waals surface area contributed by atoms with Crippen LogP contribution in [0.3, 0.4) is 0 Å². The molecule has 5 nitrogen and oxygen atoms in total. The maximum Gasteiger partial charge on any atom is 0.280 e. The molecule has 0 spiro atoms. The highest BCUT2D eigenvalue weighted by Gasteiger charge is 2.23. The minimum atomic E-state index is -0.241. The third-order valence-corrected chi connectivity index (χ3v) is 5.63. The van der Waals surface area contributed by atoms with Gasteiger partial charge >= 0.3 is 0 Å². The number of fused-ring (bicyclic) bond motifs is 1. The molecule has 0 aliphatic carbocycles. The van der Waals surface area contributed by atoms with Gasteiger partial charge in [0.1, 0.15) is 5.69 Å². The number of amides is 1. The summed E-state index contributed by atoms with van der Waals surface area (Å²) in [6.45, 7) is 2.32. The Bertz CT molecular complexity index is 1100. The molecule has 4 rings (SSSR count). The lowest BCUT2D eigenvalue weighted by atomic mass is 10.2. The van der Waals surface area contributed by atoms with Gasteiger partial charge in [-0.1, -0.05) is 53.3 Å². The van der Waals surface area contributed by atoms with Crippen LogP contribution < -0.4 is 4.90 Å². The van der Waals surface area contributed by atoms with E-state index in [1.165, 1.54) is 23.7 Å². The van der Waals surface area contributed by atoms with E-state index in [0.717, 1.165) is 21.3 Å². The molecule has 1 amide bonds. The summed E-state index contributed by atoms with van der Waals surface area (Å²) in [6.07, 6.45) is 4.52. The van der Waals surface area contributed by atoms with E-state index in [9.17, 15) is 4.79 Å². The van der Waals surface area contributed by atoms with Crippen LogP contribution in [0.25, 0.3) is 10.2 Å². The average Bonchev–Trinajstić information content (AvgIpc) is 3.15. The summed E-state index contributed by atoms with van der Waals surface area (Å²) in [6, 6.07) is 13.6. The van der Waals surface area contributed by atoms with Crippen LogP contribution in [0.5, 0.6) is 0 Å². The van der Waals surface area contributed by atoms with Crippen LogP contribution in [0.15, 0.2) is 61.1 Å². The molecule has 2 aromatic heterocycles. The molecular formula is C20H15ClN4OS. The molecule has 134 valence electrons. The van der Waals surface area contributed by atoms with Crippen LogP contribution in [-0.2, 0) is 6.54 Å². The summed E-state index contributed by atoms with van der Waals surface area (Å²) in [5.74, 6) is -0.241.